The molecule has 1 heterocycles. The summed E-state index contributed by atoms with van der Waals surface area (Å²) in [6, 6.07) is 4.73. The van der Waals surface area contributed by atoms with E-state index in [1.807, 2.05) is 6.92 Å². The molecule has 1 fully saturated rings. The van der Waals surface area contributed by atoms with Gasteiger partial charge in [0.2, 0.25) is 5.91 Å². The highest BCUT2D eigenvalue weighted by Crippen LogP contribution is 2.40. The first-order chi connectivity index (χ1) is 10.0. The van der Waals surface area contributed by atoms with Crippen molar-refractivity contribution in [3.8, 4) is 11.5 Å². The first kappa shape index (κ1) is 15.2. The molecular weight excluding hydrogens is 274 g/mol. The molecule has 0 saturated carbocycles. The minimum atomic E-state index is -0.967. The molecule has 1 saturated heterocycles. The molecule has 0 aliphatic carbocycles. The summed E-state index contributed by atoms with van der Waals surface area (Å²) in [5.74, 6) is -0.718. The Labute approximate surface area is 123 Å². The van der Waals surface area contributed by atoms with Gasteiger partial charge in [0.05, 0.1) is 26.2 Å². The van der Waals surface area contributed by atoms with E-state index in [1.165, 1.54) is 14.2 Å². The molecule has 1 aliphatic heterocycles. The molecule has 2 atom stereocenters. The Kier molecular flexibility index (Phi) is 4.35. The highest BCUT2D eigenvalue weighted by molar-refractivity contribution is 5.87. The molecule has 1 aliphatic rings. The second-order valence-corrected chi connectivity index (χ2v) is 4.92. The van der Waals surface area contributed by atoms with Gasteiger partial charge >= 0.3 is 5.97 Å². The first-order valence-electron chi connectivity index (χ1n) is 6.77. The van der Waals surface area contributed by atoms with Crippen molar-refractivity contribution < 1.29 is 24.2 Å². The van der Waals surface area contributed by atoms with E-state index in [-0.39, 0.29) is 12.3 Å². The monoisotopic (exact) mass is 293 g/mol. The summed E-state index contributed by atoms with van der Waals surface area (Å²) in [5.41, 5.74) is 0.714. The standard InChI is InChI=1S/C15H19NO5/c1-4-16-13(17)8-12(15(18)19)14(16)9-5-10(20-2)7-11(6-9)21-3/h5-7,12,14H,4,8H2,1-3H3,(H,18,19). The average Bonchev–Trinajstić information content (AvgIpc) is 2.83. The lowest BCUT2D eigenvalue weighted by Gasteiger charge is -2.26. The summed E-state index contributed by atoms with van der Waals surface area (Å²) >= 11 is 0. The SMILES string of the molecule is CCN1C(=O)CC(C(=O)O)C1c1cc(OC)cc(OC)c1. The largest absolute Gasteiger partial charge is 0.497 e. The molecule has 0 radical (unpaired) electrons. The fourth-order valence-corrected chi connectivity index (χ4v) is 2.80. The summed E-state index contributed by atoms with van der Waals surface area (Å²) in [6.45, 7) is 2.30. The lowest BCUT2D eigenvalue weighted by atomic mass is 9.93. The summed E-state index contributed by atoms with van der Waals surface area (Å²) in [6.07, 6.45) is 0.0212. The van der Waals surface area contributed by atoms with Crippen LogP contribution in [0.1, 0.15) is 24.9 Å². The zero-order valence-electron chi connectivity index (χ0n) is 12.3. The average molecular weight is 293 g/mol. The van der Waals surface area contributed by atoms with Crippen LogP contribution in [0.4, 0.5) is 0 Å². The van der Waals surface area contributed by atoms with Gasteiger partial charge in [-0.15, -0.1) is 0 Å². The van der Waals surface area contributed by atoms with Gasteiger partial charge in [-0.3, -0.25) is 9.59 Å². The van der Waals surface area contributed by atoms with Crippen LogP contribution >= 0.6 is 0 Å². The van der Waals surface area contributed by atoms with Crippen LogP contribution in [0.3, 0.4) is 0 Å². The van der Waals surface area contributed by atoms with Crippen molar-refractivity contribution in [3.05, 3.63) is 23.8 Å². The Bertz CT molecular complexity index is 535. The molecule has 1 aromatic rings. The number of ether oxygens (including phenoxy) is 2. The zero-order valence-corrected chi connectivity index (χ0v) is 12.3. The van der Waals surface area contributed by atoms with Crippen molar-refractivity contribution in [2.75, 3.05) is 20.8 Å². The minimum Gasteiger partial charge on any atom is -0.497 e. The second-order valence-electron chi connectivity index (χ2n) is 4.92. The van der Waals surface area contributed by atoms with Crippen LogP contribution in [0, 0.1) is 5.92 Å². The van der Waals surface area contributed by atoms with Crippen molar-refractivity contribution in [1.82, 2.24) is 4.90 Å². The number of likely N-dealkylation sites (tertiary alicyclic amines) is 1. The molecule has 21 heavy (non-hydrogen) atoms. The molecule has 1 aromatic carbocycles. The smallest absolute Gasteiger partial charge is 0.309 e. The molecule has 114 valence electrons. The van der Waals surface area contributed by atoms with Crippen molar-refractivity contribution in [3.63, 3.8) is 0 Å². The van der Waals surface area contributed by atoms with Crippen LogP contribution in [0.5, 0.6) is 11.5 Å². The van der Waals surface area contributed by atoms with Crippen LogP contribution in [0.25, 0.3) is 0 Å². The van der Waals surface area contributed by atoms with Crippen molar-refractivity contribution in [2.45, 2.75) is 19.4 Å². The van der Waals surface area contributed by atoms with Crippen molar-refractivity contribution >= 4 is 11.9 Å². The van der Waals surface area contributed by atoms with Crippen molar-refractivity contribution in [2.24, 2.45) is 5.92 Å². The Hall–Kier alpha value is -2.24. The molecule has 6 heteroatoms. The van der Waals surface area contributed by atoms with E-state index < -0.39 is 17.9 Å². The van der Waals surface area contributed by atoms with E-state index in [2.05, 4.69) is 0 Å². The van der Waals surface area contributed by atoms with Gasteiger partial charge in [0, 0.05) is 19.0 Å². The number of benzene rings is 1. The molecule has 1 N–H and O–H groups in total. The predicted molar refractivity (Wildman–Crippen MR) is 75.4 cm³/mol. The van der Waals surface area contributed by atoms with Gasteiger partial charge in [-0.2, -0.15) is 0 Å². The number of aliphatic carboxylic acids is 1. The van der Waals surface area contributed by atoms with Gasteiger partial charge < -0.3 is 19.5 Å². The van der Waals surface area contributed by atoms with Gasteiger partial charge in [-0.1, -0.05) is 0 Å². The summed E-state index contributed by atoms with van der Waals surface area (Å²) in [7, 11) is 3.06. The topological polar surface area (TPSA) is 76.1 Å². The van der Waals surface area contributed by atoms with E-state index in [0.29, 0.717) is 23.6 Å². The third kappa shape index (κ3) is 2.79. The van der Waals surface area contributed by atoms with E-state index in [0.717, 1.165) is 0 Å². The number of carbonyl (C=O) groups excluding carboxylic acids is 1. The third-order valence-electron chi connectivity index (χ3n) is 3.80. The van der Waals surface area contributed by atoms with Gasteiger partial charge in [0.25, 0.3) is 0 Å². The Morgan fingerprint density at radius 2 is 1.86 bits per heavy atom. The van der Waals surface area contributed by atoms with Crippen LogP contribution in [-0.2, 0) is 9.59 Å². The molecule has 6 nitrogen and oxygen atoms in total. The third-order valence-corrected chi connectivity index (χ3v) is 3.80. The van der Waals surface area contributed by atoms with Gasteiger partial charge in [-0.05, 0) is 24.6 Å². The number of hydrogen-bond acceptors (Lipinski definition) is 4. The molecule has 0 aromatic heterocycles. The molecule has 0 bridgehead atoms. The number of carbonyl (C=O) groups is 2. The molecule has 0 spiro atoms. The number of hydrogen-bond donors (Lipinski definition) is 1. The fourth-order valence-electron chi connectivity index (χ4n) is 2.80. The number of carboxylic acid groups (broad SMARTS) is 1. The van der Waals surface area contributed by atoms with E-state index in [4.69, 9.17) is 9.47 Å². The van der Waals surface area contributed by atoms with Crippen LogP contribution in [-0.4, -0.2) is 42.6 Å². The highest BCUT2D eigenvalue weighted by Gasteiger charge is 2.44. The maximum atomic E-state index is 12.0. The second kappa shape index (κ2) is 6.03. The Balaban J connectivity index is 2.49. The normalized spacial score (nSPS) is 21.5. The predicted octanol–water partition coefficient (Wildman–Crippen LogP) is 1.70. The maximum absolute atomic E-state index is 12.0. The number of methoxy groups -OCH3 is 2. The van der Waals surface area contributed by atoms with E-state index >= 15 is 0 Å². The number of rotatable bonds is 5. The number of nitrogens with zero attached hydrogens (tertiary/aromatic N) is 1. The lowest BCUT2D eigenvalue weighted by molar-refractivity contribution is -0.142. The minimum absolute atomic E-state index is 0.0212. The van der Waals surface area contributed by atoms with E-state index in [1.54, 1.807) is 23.1 Å². The maximum Gasteiger partial charge on any atom is 0.309 e. The summed E-state index contributed by atoms with van der Waals surface area (Å²) in [4.78, 5) is 25.1. The number of amides is 1. The Morgan fingerprint density at radius 1 is 1.29 bits per heavy atom. The van der Waals surface area contributed by atoms with Crippen LogP contribution in [0.15, 0.2) is 18.2 Å². The summed E-state index contributed by atoms with van der Waals surface area (Å²) < 4.78 is 10.4. The summed E-state index contributed by atoms with van der Waals surface area (Å²) in [5, 5.41) is 9.39. The number of carboxylic acids is 1. The van der Waals surface area contributed by atoms with Gasteiger partial charge in [0.15, 0.2) is 0 Å². The zero-order chi connectivity index (χ0) is 15.6. The quantitative estimate of drug-likeness (QED) is 0.894. The highest BCUT2D eigenvalue weighted by atomic mass is 16.5. The Morgan fingerprint density at radius 3 is 2.29 bits per heavy atom. The first-order valence-corrected chi connectivity index (χ1v) is 6.77. The van der Waals surface area contributed by atoms with Crippen LogP contribution in [0.2, 0.25) is 0 Å². The fraction of sp³-hybridized carbons (Fsp3) is 0.467. The van der Waals surface area contributed by atoms with Gasteiger partial charge in [0.1, 0.15) is 11.5 Å². The lowest BCUT2D eigenvalue weighted by Crippen LogP contribution is -2.30. The van der Waals surface area contributed by atoms with Crippen molar-refractivity contribution in [1.29, 1.82) is 0 Å². The van der Waals surface area contributed by atoms with Crippen LogP contribution < -0.4 is 9.47 Å². The molecular formula is C15H19NO5. The molecule has 2 unspecified atom stereocenters. The molecule has 2 rings (SSSR count). The van der Waals surface area contributed by atoms with Gasteiger partial charge in [-0.25, -0.2) is 0 Å². The van der Waals surface area contributed by atoms with E-state index in [9.17, 15) is 14.7 Å². The molecule has 1 amide bonds.